The van der Waals surface area contributed by atoms with Gasteiger partial charge in [-0.2, -0.15) is 15.5 Å². The number of likely N-dealkylation sites (tertiary alicyclic amines) is 1. The summed E-state index contributed by atoms with van der Waals surface area (Å²) in [5, 5.41) is 27.6. The first kappa shape index (κ1) is 27.8. The molecule has 37 heavy (non-hydrogen) atoms. The van der Waals surface area contributed by atoms with Crippen molar-refractivity contribution in [2.75, 3.05) is 19.7 Å². The first-order valence-corrected chi connectivity index (χ1v) is 12.3. The molecule has 0 aliphatic carbocycles. The Morgan fingerprint density at radius 1 is 1.35 bits per heavy atom. The quantitative estimate of drug-likeness (QED) is 0.206. The van der Waals surface area contributed by atoms with Gasteiger partial charge >= 0.3 is 0 Å². The maximum atomic E-state index is 13.3. The molecule has 1 saturated heterocycles. The third kappa shape index (κ3) is 6.53. The molecule has 3 aromatic heterocycles. The van der Waals surface area contributed by atoms with Crippen LogP contribution in [0.5, 0.6) is 5.75 Å². The molecular formula is C25H30ClFN8O2. The van der Waals surface area contributed by atoms with Gasteiger partial charge in [0.05, 0.1) is 41.5 Å². The monoisotopic (exact) mass is 528 g/mol. The van der Waals surface area contributed by atoms with Crippen LogP contribution in [0.25, 0.3) is 5.52 Å². The molecule has 4 rings (SSSR count). The number of pyridine rings is 2. The van der Waals surface area contributed by atoms with Gasteiger partial charge < -0.3 is 20.6 Å². The molecule has 3 N–H and O–H groups in total. The number of aliphatic hydroxyl groups excluding tert-OH is 1. The van der Waals surface area contributed by atoms with Gasteiger partial charge in [0, 0.05) is 24.8 Å². The number of aliphatic hydroxyl groups is 1. The second-order valence-electron chi connectivity index (χ2n) is 8.08. The highest BCUT2D eigenvalue weighted by atomic mass is 35.5. The second-order valence-corrected chi connectivity index (χ2v) is 8.49. The summed E-state index contributed by atoms with van der Waals surface area (Å²) in [5.74, 6) is 5.58. The minimum atomic E-state index is -0.876. The molecule has 0 aromatic carbocycles. The van der Waals surface area contributed by atoms with Crippen molar-refractivity contribution in [3.8, 4) is 11.9 Å². The maximum absolute atomic E-state index is 13.3. The molecule has 4 heterocycles. The zero-order chi connectivity index (χ0) is 26.9. The fraction of sp³-hybridized carbons (Fsp3) is 0.400. The fourth-order valence-corrected chi connectivity index (χ4v) is 4.22. The average Bonchev–Trinajstić information content (AvgIpc) is 3.30. The van der Waals surface area contributed by atoms with Gasteiger partial charge in [0.15, 0.2) is 12.3 Å². The summed E-state index contributed by atoms with van der Waals surface area (Å²) in [7, 11) is 0. The van der Waals surface area contributed by atoms with E-state index in [1.54, 1.807) is 17.2 Å². The molecule has 0 amide bonds. The Morgan fingerprint density at radius 3 is 2.68 bits per heavy atom. The summed E-state index contributed by atoms with van der Waals surface area (Å²) in [6.07, 6.45) is 7.04. The topological polar surface area (TPSA) is 137 Å². The molecule has 3 aromatic rings. The van der Waals surface area contributed by atoms with Crippen molar-refractivity contribution in [2.45, 2.75) is 45.8 Å². The lowest BCUT2D eigenvalue weighted by molar-refractivity contribution is 0.114. The van der Waals surface area contributed by atoms with Crippen molar-refractivity contribution >= 4 is 28.5 Å². The third-order valence-electron chi connectivity index (χ3n) is 5.77. The lowest BCUT2D eigenvalue weighted by Gasteiger charge is -2.26. The Kier molecular flexibility index (Phi) is 9.77. The number of nitriles is 1. The minimum absolute atomic E-state index is 0.0540. The summed E-state index contributed by atoms with van der Waals surface area (Å²) in [5.41, 5.74) is 2.47. The average molecular weight is 529 g/mol. The van der Waals surface area contributed by atoms with Crippen molar-refractivity contribution in [1.29, 1.82) is 5.26 Å². The molecule has 0 spiro atoms. The van der Waals surface area contributed by atoms with E-state index in [4.69, 9.17) is 32.4 Å². The van der Waals surface area contributed by atoms with E-state index in [-0.39, 0.29) is 6.04 Å². The van der Waals surface area contributed by atoms with Crippen LogP contribution in [0.3, 0.4) is 0 Å². The van der Waals surface area contributed by atoms with Crippen LogP contribution in [-0.4, -0.2) is 61.8 Å². The highest BCUT2D eigenvalue weighted by Crippen LogP contribution is 2.32. The number of halogens is 2. The number of fused-ring (bicyclic) bond motifs is 1. The number of hydrogen-bond donors (Lipinski definition) is 2. The molecule has 196 valence electrons. The number of rotatable bonds is 7. The van der Waals surface area contributed by atoms with Gasteiger partial charge in [-0.05, 0) is 38.0 Å². The van der Waals surface area contributed by atoms with E-state index in [1.807, 2.05) is 20.8 Å². The molecule has 10 nitrogen and oxygen atoms in total. The summed E-state index contributed by atoms with van der Waals surface area (Å²) in [4.78, 5) is 10.5. The van der Waals surface area contributed by atoms with E-state index in [9.17, 15) is 9.50 Å². The molecule has 12 heteroatoms. The molecule has 0 radical (unpaired) electrons. The smallest absolute Gasteiger partial charge is 0.179 e. The first-order valence-electron chi connectivity index (χ1n) is 12.0. The van der Waals surface area contributed by atoms with Crippen LogP contribution >= 0.6 is 11.6 Å². The van der Waals surface area contributed by atoms with Crippen LogP contribution in [-0.2, 0) is 0 Å². The highest BCUT2D eigenvalue weighted by molar-refractivity contribution is 6.47. The number of piperidine rings is 1. The highest BCUT2D eigenvalue weighted by Gasteiger charge is 2.22. The minimum Gasteiger partial charge on any atom is -0.479 e. The van der Waals surface area contributed by atoms with Gasteiger partial charge in [0.2, 0.25) is 0 Å². The van der Waals surface area contributed by atoms with E-state index in [0.29, 0.717) is 52.1 Å². The number of hydrogen-bond acceptors (Lipinski definition) is 9. The SMILES string of the molecule is CC.CC(=NC1CCN(C#N)CC1)/C(=N\N)c1cc(OC(CO)c2ccc(F)cn2)c2c(Cl)cnn2c1. The normalized spacial score (nSPS) is 15.6. The molecule has 1 fully saturated rings. The van der Waals surface area contributed by atoms with E-state index in [1.165, 1.54) is 22.8 Å². The lowest BCUT2D eigenvalue weighted by Crippen LogP contribution is -2.32. The van der Waals surface area contributed by atoms with Crippen LogP contribution in [0.15, 0.2) is 46.9 Å². The number of hydrazone groups is 1. The lowest BCUT2D eigenvalue weighted by atomic mass is 10.0. The molecular weight excluding hydrogens is 499 g/mol. The van der Waals surface area contributed by atoms with Gasteiger partial charge in [0.1, 0.15) is 22.8 Å². The predicted octanol–water partition coefficient (Wildman–Crippen LogP) is 3.73. The molecule has 1 aliphatic rings. The van der Waals surface area contributed by atoms with Crippen molar-refractivity contribution in [3.63, 3.8) is 0 Å². The van der Waals surface area contributed by atoms with E-state index < -0.39 is 18.5 Å². The summed E-state index contributed by atoms with van der Waals surface area (Å²) < 4.78 is 20.9. The maximum Gasteiger partial charge on any atom is 0.179 e. The standard InChI is InChI=1S/C23H24ClFN8O2.C2H6/c1-14(30-17-4-6-32(13-26)7-5-17)22(31-27)15-8-20(23-18(24)10-29-33(23)11-15)35-21(12-34)19-3-2-16(25)9-28-19;1-2/h2-3,8-11,17,21,34H,4-7,12,27H2,1H3;1-2H3/b30-14?,31-22+;. The van der Waals surface area contributed by atoms with Crippen LogP contribution in [0.1, 0.15) is 51.0 Å². The largest absolute Gasteiger partial charge is 0.479 e. The Balaban J connectivity index is 0.00000186. The van der Waals surface area contributed by atoms with Crippen molar-refractivity contribution in [1.82, 2.24) is 19.5 Å². The fourth-order valence-electron chi connectivity index (χ4n) is 4.00. The van der Waals surface area contributed by atoms with E-state index in [2.05, 4.69) is 21.4 Å². The number of aliphatic imine (C=N–C) groups is 1. The Bertz CT molecular complexity index is 1290. The molecule has 1 atom stereocenters. The number of aromatic nitrogens is 3. The van der Waals surface area contributed by atoms with Crippen molar-refractivity contribution in [3.05, 3.63) is 58.9 Å². The van der Waals surface area contributed by atoms with E-state index >= 15 is 0 Å². The van der Waals surface area contributed by atoms with Gasteiger partial charge in [-0.15, -0.1) is 0 Å². The second kappa shape index (κ2) is 13.0. The van der Waals surface area contributed by atoms with Crippen molar-refractivity contribution in [2.24, 2.45) is 15.9 Å². The number of nitrogens with zero attached hydrogens (tertiary/aromatic N) is 7. The van der Waals surface area contributed by atoms with E-state index in [0.717, 1.165) is 19.0 Å². The van der Waals surface area contributed by atoms with Gasteiger partial charge in [-0.3, -0.25) is 9.98 Å². The van der Waals surface area contributed by atoms with Crippen LogP contribution in [0, 0.1) is 17.3 Å². The summed E-state index contributed by atoms with van der Waals surface area (Å²) in [6.45, 7) is 6.73. The Hall–Kier alpha value is -3.75. The Labute approximate surface area is 219 Å². The third-order valence-corrected chi connectivity index (χ3v) is 6.05. The first-order chi connectivity index (χ1) is 17.9. The summed E-state index contributed by atoms with van der Waals surface area (Å²) >= 11 is 6.36. The van der Waals surface area contributed by atoms with Gasteiger partial charge in [-0.25, -0.2) is 8.91 Å². The van der Waals surface area contributed by atoms with Crippen LogP contribution < -0.4 is 10.6 Å². The van der Waals surface area contributed by atoms with Gasteiger partial charge in [-0.1, -0.05) is 25.4 Å². The van der Waals surface area contributed by atoms with Crippen molar-refractivity contribution < 1.29 is 14.2 Å². The Morgan fingerprint density at radius 2 is 2.08 bits per heavy atom. The predicted molar refractivity (Wildman–Crippen MR) is 140 cm³/mol. The molecule has 1 unspecified atom stereocenters. The molecule has 1 aliphatic heterocycles. The molecule has 0 saturated carbocycles. The van der Waals surface area contributed by atoms with Crippen LogP contribution in [0.2, 0.25) is 5.02 Å². The summed E-state index contributed by atoms with van der Waals surface area (Å²) in [6, 6.07) is 4.43. The zero-order valence-electron chi connectivity index (χ0n) is 21.0. The van der Waals surface area contributed by atoms with Crippen LogP contribution in [0.4, 0.5) is 4.39 Å². The zero-order valence-corrected chi connectivity index (χ0v) is 21.7. The number of nitrogens with two attached hydrogens (primary N) is 1. The number of ether oxygens (including phenoxy) is 1. The van der Waals surface area contributed by atoms with Gasteiger partial charge in [0.25, 0.3) is 0 Å². The molecule has 0 bridgehead atoms.